The summed E-state index contributed by atoms with van der Waals surface area (Å²) in [6.07, 6.45) is 0.466. The van der Waals surface area contributed by atoms with Gasteiger partial charge in [-0.15, -0.1) is 0 Å². The topological polar surface area (TPSA) is 124 Å². The number of aromatic amines is 1. The summed E-state index contributed by atoms with van der Waals surface area (Å²) in [7, 11) is -2.47. The van der Waals surface area contributed by atoms with Gasteiger partial charge in [-0.25, -0.2) is 18.4 Å². The molecule has 0 fully saturated rings. The average molecular weight is 419 g/mol. The van der Waals surface area contributed by atoms with Crippen LogP contribution in [0.5, 0.6) is 0 Å². The number of fused-ring (bicyclic) bond motifs is 1. The van der Waals surface area contributed by atoms with Gasteiger partial charge in [-0.05, 0) is 54.5 Å². The number of benzene rings is 2. The van der Waals surface area contributed by atoms with Crippen LogP contribution in [0, 0.1) is 4.77 Å². The van der Waals surface area contributed by atoms with E-state index in [1.165, 1.54) is 35.9 Å². The Hall–Kier alpha value is -2.82. The number of aromatic nitrogens is 2. The fourth-order valence-corrected chi connectivity index (χ4v) is 3.59. The molecule has 0 atom stereocenters. The highest BCUT2D eigenvalue weighted by atomic mass is 32.2. The maximum atomic E-state index is 12.8. The number of nitrogens with zero attached hydrogens (tertiary/aromatic N) is 1. The van der Waals surface area contributed by atoms with E-state index < -0.39 is 16.0 Å². The van der Waals surface area contributed by atoms with Gasteiger partial charge >= 0.3 is 5.97 Å². The molecule has 1 aromatic heterocycles. The van der Waals surface area contributed by atoms with Crippen molar-refractivity contribution in [1.29, 1.82) is 0 Å². The van der Waals surface area contributed by atoms with Crippen LogP contribution in [0.3, 0.4) is 0 Å². The average Bonchev–Trinajstić information content (AvgIpc) is 2.66. The van der Waals surface area contributed by atoms with Crippen molar-refractivity contribution in [3.05, 3.63) is 68.7 Å². The Morgan fingerprint density at radius 1 is 1.21 bits per heavy atom. The van der Waals surface area contributed by atoms with Gasteiger partial charge < -0.3 is 9.72 Å². The van der Waals surface area contributed by atoms with Crippen molar-refractivity contribution >= 4 is 39.1 Å². The van der Waals surface area contributed by atoms with Crippen LogP contribution in [0.1, 0.15) is 15.9 Å². The van der Waals surface area contributed by atoms with Crippen molar-refractivity contribution in [2.75, 3.05) is 7.11 Å². The first-order valence-corrected chi connectivity index (χ1v) is 10.1. The van der Waals surface area contributed by atoms with Gasteiger partial charge in [-0.2, -0.15) is 0 Å². The fraction of sp³-hybridized carbons (Fsp3) is 0.167. The molecule has 3 rings (SSSR count). The van der Waals surface area contributed by atoms with Crippen LogP contribution >= 0.6 is 12.2 Å². The number of H-pyrrole nitrogens is 1. The molecular formula is C18H17N3O5S2. The number of aryl methyl sites for hydroxylation is 1. The molecule has 28 heavy (non-hydrogen) atoms. The van der Waals surface area contributed by atoms with Gasteiger partial charge in [0, 0.05) is 6.54 Å². The predicted octanol–water partition coefficient (Wildman–Crippen LogP) is 1.74. The minimum absolute atomic E-state index is 0.0258. The quantitative estimate of drug-likeness (QED) is 0.479. The third-order valence-corrected chi connectivity index (χ3v) is 5.53. The van der Waals surface area contributed by atoms with Crippen molar-refractivity contribution in [2.24, 2.45) is 5.14 Å². The monoisotopic (exact) mass is 419 g/mol. The first-order chi connectivity index (χ1) is 13.2. The summed E-state index contributed by atoms with van der Waals surface area (Å²) < 4.78 is 28.9. The molecule has 0 saturated carbocycles. The van der Waals surface area contributed by atoms with Gasteiger partial charge in [0.15, 0.2) is 4.77 Å². The summed E-state index contributed by atoms with van der Waals surface area (Å²) in [6.45, 7) is 0.303. The SMILES string of the molecule is COC(=O)c1ccc2c(=O)n(CCc3ccc(S(N)(=O)=O)cc3)c(=S)[nH]c2c1. The van der Waals surface area contributed by atoms with Crippen molar-refractivity contribution in [2.45, 2.75) is 17.9 Å². The molecule has 0 radical (unpaired) electrons. The van der Waals surface area contributed by atoms with Crippen LogP contribution in [0.2, 0.25) is 0 Å². The molecule has 0 aliphatic heterocycles. The summed E-state index contributed by atoms with van der Waals surface area (Å²) in [5, 5.41) is 5.48. The van der Waals surface area contributed by atoms with Crippen LogP contribution in [0.15, 0.2) is 52.2 Å². The van der Waals surface area contributed by atoms with Crippen molar-refractivity contribution < 1.29 is 17.9 Å². The van der Waals surface area contributed by atoms with E-state index in [-0.39, 0.29) is 15.2 Å². The zero-order valence-electron chi connectivity index (χ0n) is 14.8. The number of rotatable bonds is 5. The fourth-order valence-electron chi connectivity index (χ4n) is 2.79. The van der Waals surface area contributed by atoms with Crippen LogP contribution in [0.25, 0.3) is 10.9 Å². The lowest BCUT2D eigenvalue weighted by Crippen LogP contribution is -2.23. The van der Waals surface area contributed by atoms with Crippen LogP contribution in [-0.2, 0) is 27.7 Å². The Balaban J connectivity index is 1.90. The van der Waals surface area contributed by atoms with Gasteiger partial charge in [-0.1, -0.05) is 12.1 Å². The summed E-state index contributed by atoms with van der Waals surface area (Å²) >= 11 is 5.28. The van der Waals surface area contributed by atoms with Crippen molar-refractivity contribution in [3.8, 4) is 0 Å². The molecule has 1 heterocycles. The Bertz CT molecular complexity index is 1280. The van der Waals surface area contributed by atoms with Gasteiger partial charge in [0.1, 0.15) is 0 Å². The van der Waals surface area contributed by atoms with Crippen molar-refractivity contribution in [3.63, 3.8) is 0 Å². The van der Waals surface area contributed by atoms with E-state index in [9.17, 15) is 18.0 Å². The predicted molar refractivity (Wildman–Crippen MR) is 106 cm³/mol. The number of esters is 1. The second-order valence-electron chi connectivity index (χ2n) is 6.08. The number of sulfonamides is 1. The van der Waals surface area contributed by atoms with Crippen molar-refractivity contribution in [1.82, 2.24) is 9.55 Å². The Morgan fingerprint density at radius 3 is 2.50 bits per heavy atom. The lowest BCUT2D eigenvalue weighted by atomic mass is 10.1. The maximum Gasteiger partial charge on any atom is 0.337 e. The maximum absolute atomic E-state index is 12.8. The molecule has 0 unspecified atom stereocenters. The number of carbonyl (C=O) groups excluding carboxylic acids is 1. The number of hydrogen-bond donors (Lipinski definition) is 2. The third kappa shape index (κ3) is 4.03. The second kappa shape index (κ2) is 7.66. The summed E-state index contributed by atoms with van der Waals surface area (Å²) in [5.41, 5.74) is 1.31. The number of nitrogens with two attached hydrogens (primary N) is 1. The first-order valence-electron chi connectivity index (χ1n) is 8.17. The molecule has 0 saturated heterocycles. The number of ether oxygens (including phenoxy) is 1. The van der Waals surface area contributed by atoms with Gasteiger partial charge in [0.2, 0.25) is 10.0 Å². The number of primary sulfonamides is 1. The zero-order valence-corrected chi connectivity index (χ0v) is 16.5. The van der Waals surface area contributed by atoms with E-state index in [1.54, 1.807) is 18.2 Å². The minimum Gasteiger partial charge on any atom is -0.465 e. The molecule has 0 aliphatic rings. The molecule has 8 nitrogen and oxygen atoms in total. The van der Waals surface area contributed by atoms with E-state index in [4.69, 9.17) is 17.4 Å². The van der Waals surface area contributed by atoms with Gasteiger partial charge in [0.25, 0.3) is 5.56 Å². The Kier molecular flexibility index (Phi) is 5.45. The molecule has 0 aliphatic carbocycles. The van der Waals surface area contributed by atoms with Gasteiger partial charge in [0.05, 0.1) is 28.5 Å². The van der Waals surface area contributed by atoms with Gasteiger partial charge in [-0.3, -0.25) is 9.36 Å². The Morgan fingerprint density at radius 2 is 1.89 bits per heavy atom. The van der Waals surface area contributed by atoms with E-state index in [0.717, 1.165) is 5.56 Å². The number of carbonyl (C=O) groups is 1. The molecule has 0 bridgehead atoms. The standard InChI is InChI=1S/C18H17N3O5S2/c1-26-17(23)12-4-7-14-15(10-12)20-18(27)21(16(14)22)9-8-11-2-5-13(6-3-11)28(19,24)25/h2-7,10H,8-9H2,1H3,(H,20,27)(H2,19,24,25). The summed E-state index contributed by atoms with van der Waals surface area (Å²) in [6, 6.07) is 10.7. The summed E-state index contributed by atoms with van der Waals surface area (Å²) in [5.74, 6) is -0.506. The van der Waals surface area contributed by atoms with E-state index in [0.29, 0.717) is 29.4 Å². The van der Waals surface area contributed by atoms with Crippen LogP contribution in [-0.4, -0.2) is 31.0 Å². The number of methoxy groups -OCH3 is 1. The highest BCUT2D eigenvalue weighted by molar-refractivity contribution is 7.89. The molecule has 10 heteroatoms. The second-order valence-corrected chi connectivity index (χ2v) is 8.03. The first kappa shape index (κ1) is 19.9. The number of hydrogen-bond acceptors (Lipinski definition) is 6. The molecule has 2 aromatic carbocycles. The number of nitrogens with one attached hydrogen (secondary N) is 1. The lowest BCUT2D eigenvalue weighted by Gasteiger charge is -2.09. The Labute approximate surface area is 165 Å². The zero-order chi connectivity index (χ0) is 20.5. The molecule has 3 aromatic rings. The minimum atomic E-state index is -3.75. The molecule has 3 N–H and O–H groups in total. The van der Waals surface area contributed by atoms with Crippen LogP contribution < -0.4 is 10.7 Å². The lowest BCUT2D eigenvalue weighted by molar-refractivity contribution is 0.0601. The van der Waals surface area contributed by atoms with E-state index >= 15 is 0 Å². The van der Waals surface area contributed by atoms with E-state index in [1.807, 2.05) is 0 Å². The molecule has 0 amide bonds. The molecule has 0 spiro atoms. The highest BCUT2D eigenvalue weighted by Crippen LogP contribution is 2.13. The normalized spacial score (nSPS) is 11.5. The highest BCUT2D eigenvalue weighted by Gasteiger charge is 2.11. The van der Waals surface area contributed by atoms with Crippen LogP contribution in [0.4, 0.5) is 0 Å². The molecule has 146 valence electrons. The third-order valence-electron chi connectivity index (χ3n) is 4.28. The summed E-state index contributed by atoms with van der Waals surface area (Å²) in [4.78, 5) is 27.4. The smallest absolute Gasteiger partial charge is 0.337 e. The molecular weight excluding hydrogens is 402 g/mol. The largest absolute Gasteiger partial charge is 0.465 e. The van der Waals surface area contributed by atoms with E-state index in [2.05, 4.69) is 9.72 Å².